The number of hydrogen-bond acceptors (Lipinski definition) is 4. The predicted molar refractivity (Wildman–Crippen MR) is 134 cm³/mol. The van der Waals surface area contributed by atoms with Crippen molar-refractivity contribution in [1.82, 2.24) is 14.7 Å². The lowest BCUT2D eigenvalue weighted by Crippen LogP contribution is -2.59. The molecule has 34 heavy (non-hydrogen) atoms. The Morgan fingerprint density at radius 1 is 0.824 bits per heavy atom. The van der Waals surface area contributed by atoms with E-state index in [1.807, 2.05) is 4.90 Å². The summed E-state index contributed by atoms with van der Waals surface area (Å²) in [6.07, 6.45) is 7.56. The van der Waals surface area contributed by atoms with E-state index < -0.39 is 0 Å². The number of anilines is 1. The highest BCUT2D eigenvalue weighted by atomic mass is 16.2. The first kappa shape index (κ1) is 22.4. The van der Waals surface area contributed by atoms with Crippen molar-refractivity contribution < 1.29 is 9.59 Å². The first-order chi connectivity index (χ1) is 16.5. The van der Waals surface area contributed by atoms with Crippen molar-refractivity contribution in [1.29, 1.82) is 0 Å². The zero-order valence-corrected chi connectivity index (χ0v) is 20.8. The molecule has 184 valence electrons. The quantitative estimate of drug-likeness (QED) is 0.687. The minimum Gasteiger partial charge on any atom is -0.368 e. The topological polar surface area (TPSA) is 47.1 Å². The van der Waals surface area contributed by atoms with Crippen molar-refractivity contribution in [2.24, 2.45) is 23.2 Å². The zero-order valence-electron chi connectivity index (χ0n) is 20.8. The number of rotatable bonds is 4. The molecule has 1 aromatic rings. The second kappa shape index (κ2) is 8.85. The normalized spacial score (nSPS) is 33.4. The van der Waals surface area contributed by atoms with Gasteiger partial charge < -0.3 is 14.7 Å². The molecule has 1 aromatic carbocycles. The molecule has 4 bridgehead atoms. The van der Waals surface area contributed by atoms with Crippen molar-refractivity contribution in [2.75, 3.05) is 63.8 Å². The predicted octanol–water partition coefficient (Wildman–Crippen LogP) is 3.00. The fourth-order valence-electron chi connectivity index (χ4n) is 8.15. The summed E-state index contributed by atoms with van der Waals surface area (Å²) in [7, 11) is 0. The number of piperazine rings is 2. The van der Waals surface area contributed by atoms with Gasteiger partial charge in [0.2, 0.25) is 11.8 Å². The van der Waals surface area contributed by atoms with Gasteiger partial charge in [0.25, 0.3) is 0 Å². The number of hydrogen-bond donors (Lipinski definition) is 0. The maximum Gasteiger partial charge on any atom is 0.236 e. The fraction of sp³-hybridized carbons (Fsp3) is 0.714. The molecule has 6 fully saturated rings. The molecule has 2 aliphatic heterocycles. The molecular weight excluding hydrogens is 424 g/mol. The highest BCUT2D eigenvalue weighted by Crippen LogP contribution is 2.60. The number of carbonyl (C=O) groups excluding carboxylic acids is 2. The van der Waals surface area contributed by atoms with Gasteiger partial charge in [-0.3, -0.25) is 14.5 Å². The average Bonchev–Trinajstić information content (AvgIpc) is 2.83. The molecule has 6 aliphatic rings. The van der Waals surface area contributed by atoms with Gasteiger partial charge in [-0.2, -0.15) is 0 Å². The Balaban J connectivity index is 0.977. The minimum atomic E-state index is -0.0380. The third-order valence-corrected chi connectivity index (χ3v) is 9.51. The van der Waals surface area contributed by atoms with Crippen molar-refractivity contribution in [3.05, 3.63) is 29.8 Å². The third-order valence-electron chi connectivity index (χ3n) is 9.51. The number of aryl methyl sites for hydroxylation is 1. The molecule has 2 saturated heterocycles. The van der Waals surface area contributed by atoms with Gasteiger partial charge in [0.1, 0.15) is 0 Å². The van der Waals surface area contributed by atoms with E-state index in [1.54, 1.807) is 0 Å². The Kier molecular flexibility index (Phi) is 5.83. The van der Waals surface area contributed by atoms with E-state index in [-0.39, 0.29) is 11.3 Å². The summed E-state index contributed by atoms with van der Waals surface area (Å²) in [4.78, 5) is 35.4. The standard InChI is InChI=1S/C28H40N4O2/c1-21-3-2-4-25(13-21)30-9-11-31(12-10-30)26(33)20-29-5-7-32(8-6-29)27(34)28-17-22-14-23(18-28)16-24(15-22)19-28/h2-4,13,22-24H,5-12,14-20H2,1H3. The first-order valence-corrected chi connectivity index (χ1v) is 13.6. The lowest BCUT2D eigenvalue weighted by atomic mass is 9.49. The summed E-state index contributed by atoms with van der Waals surface area (Å²) >= 11 is 0. The maximum atomic E-state index is 13.6. The van der Waals surface area contributed by atoms with Gasteiger partial charge in [0, 0.05) is 58.0 Å². The third kappa shape index (κ3) is 4.23. The summed E-state index contributed by atoms with van der Waals surface area (Å²) < 4.78 is 0. The molecule has 2 heterocycles. The van der Waals surface area contributed by atoms with Gasteiger partial charge in [-0.15, -0.1) is 0 Å². The van der Waals surface area contributed by atoms with Crippen LogP contribution < -0.4 is 4.90 Å². The smallest absolute Gasteiger partial charge is 0.236 e. The lowest BCUT2D eigenvalue weighted by molar-refractivity contribution is -0.159. The van der Waals surface area contributed by atoms with Crippen LogP contribution in [0.1, 0.15) is 44.1 Å². The zero-order chi connectivity index (χ0) is 23.3. The van der Waals surface area contributed by atoms with E-state index >= 15 is 0 Å². The van der Waals surface area contributed by atoms with E-state index in [9.17, 15) is 9.59 Å². The van der Waals surface area contributed by atoms with Crippen LogP contribution in [0.5, 0.6) is 0 Å². The summed E-state index contributed by atoms with van der Waals surface area (Å²) in [5.74, 6) is 3.11. The maximum absolute atomic E-state index is 13.6. The van der Waals surface area contributed by atoms with Gasteiger partial charge in [0.15, 0.2) is 0 Å². The summed E-state index contributed by atoms with van der Waals surface area (Å²) in [5.41, 5.74) is 2.49. The molecular formula is C28H40N4O2. The molecule has 0 aromatic heterocycles. The Labute approximate surface area is 204 Å². The molecule has 4 aliphatic carbocycles. The lowest BCUT2D eigenvalue weighted by Gasteiger charge is -2.57. The van der Waals surface area contributed by atoms with Crippen molar-refractivity contribution >= 4 is 17.5 Å². The van der Waals surface area contributed by atoms with E-state index in [4.69, 9.17) is 0 Å². The molecule has 4 saturated carbocycles. The molecule has 7 rings (SSSR count). The van der Waals surface area contributed by atoms with Crippen LogP contribution in [0.15, 0.2) is 24.3 Å². The van der Waals surface area contributed by atoms with Crippen LogP contribution in [0.3, 0.4) is 0 Å². The van der Waals surface area contributed by atoms with Crippen LogP contribution in [0.4, 0.5) is 5.69 Å². The second-order valence-corrected chi connectivity index (χ2v) is 12.0. The highest BCUT2D eigenvalue weighted by molar-refractivity contribution is 5.83. The fourth-order valence-corrected chi connectivity index (χ4v) is 8.15. The van der Waals surface area contributed by atoms with E-state index in [2.05, 4.69) is 45.9 Å². The Morgan fingerprint density at radius 2 is 1.41 bits per heavy atom. The first-order valence-electron chi connectivity index (χ1n) is 13.6. The SMILES string of the molecule is Cc1cccc(N2CCN(C(=O)CN3CCN(C(=O)C45CC6CC(CC(C6)C4)C5)CC3)CC2)c1. The monoisotopic (exact) mass is 464 g/mol. The Hall–Kier alpha value is -2.08. The van der Waals surface area contributed by atoms with Crippen molar-refractivity contribution in [3.63, 3.8) is 0 Å². The van der Waals surface area contributed by atoms with E-state index in [0.717, 1.165) is 89.4 Å². The van der Waals surface area contributed by atoms with Crippen molar-refractivity contribution in [2.45, 2.75) is 45.4 Å². The Bertz CT molecular complexity index is 895. The van der Waals surface area contributed by atoms with E-state index in [0.29, 0.717) is 12.5 Å². The molecule has 6 heteroatoms. The second-order valence-electron chi connectivity index (χ2n) is 12.0. The van der Waals surface area contributed by atoms with E-state index in [1.165, 1.54) is 30.5 Å². The van der Waals surface area contributed by atoms with Crippen LogP contribution in [0.2, 0.25) is 0 Å². The van der Waals surface area contributed by atoms with Gasteiger partial charge in [-0.05, 0) is 80.9 Å². The van der Waals surface area contributed by atoms with Crippen LogP contribution in [-0.2, 0) is 9.59 Å². The highest BCUT2D eigenvalue weighted by Gasteiger charge is 2.55. The van der Waals surface area contributed by atoms with Gasteiger partial charge >= 0.3 is 0 Å². The molecule has 0 atom stereocenters. The largest absolute Gasteiger partial charge is 0.368 e. The Morgan fingerprint density at radius 3 is 2.00 bits per heavy atom. The minimum absolute atomic E-state index is 0.0380. The van der Waals surface area contributed by atoms with Crippen LogP contribution in [0, 0.1) is 30.1 Å². The van der Waals surface area contributed by atoms with Crippen LogP contribution >= 0.6 is 0 Å². The number of carbonyl (C=O) groups is 2. The van der Waals surface area contributed by atoms with Crippen LogP contribution in [0.25, 0.3) is 0 Å². The average molecular weight is 465 g/mol. The molecule has 0 N–H and O–H groups in total. The molecule has 6 nitrogen and oxygen atoms in total. The summed E-state index contributed by atoms with van der Waals surface area (Å²) in [6, 6.07) is 8.62. The van der Waals surface area contributed by atoms with Gasteiger partial charge in [-0.1, -0.05) is 12.1 Å². The number of nitrogens with zero attached hydrogens (tertiary/aromatic N) is 4. The van der Waals surface area contributed by atoms with Crippen molar-refractivity contribution in [3.8, 4) is 0 Å². The molecule has 0 unspecified atom stereocenters. The molecule has 2 amide bonds. The number of amides is 2. The number of benzene rings is 1. The molecule has 0 spiro atoms. The van der Waals surface area contributed by atoms with Gasteiger partial charge in [-0.25, -0.2) is 0 Å². The van der Waals surface area contributed by atoms with Gasteiger partial charge in [0.05, 0.1) is 12.0 Å². The molecule has 0 radical (unpaired) electrons. The summed E-state index contributed by atoms with van der Waals surface area (Å²) in [5, 5.41) is 0. The summed E-state index contributed by atoms with van der Waals surface area (Å²) in [6.45, 7) is 9.20. The van der Waals surface area contributed by atoms with Crippen LogP contribution in [-0.4, -0.2) is 85.4 Å².